The summed E-state index contributed by atoms with van der Waals surface area (Å²) >= 11 is 0. The largest absolute Gasteiger partial charge is 0.507 e. The van der Waals surface area contributed by atoms with E-state index in [-0.39, 0.29) is 50.7 Å². The molecular formula is C43H49N3O11. The van der Waals surface area contributed by atoms with Gasteiger partial charge >= 0.3 is 11.8 Å². The van der Waals surface area contributed by atoms with E-state index < -0.39 is 83.1 Å². The van der Waals surface area contributed by atoms with Crippen LogP contribution in [0.2, 0.25) is 0 Å². The van der Waals surface area contributed by atoms with Crippen LogP contribution in [0.25, 0.3) is 16.9 Å². The van der Waals surface area contributed by atoms with Crippen LogP contribution >= 0.6 is 0 Å². The maximum absolute atomic E-state index is 14.5. The van der Waals surface area contributed by atoms with E-state index in [0.717, 1.165) is 5.56 Å². The monoisotopic (exact) mass is 783 g/mol. The molecule has 3 aliphatic rings. The number of rotatable bonds is 2. The summed E-state index contributed by atoms with van der Waals surface area (Å²) in [5.41, 5.74) is 1.26. The van der Waals surface area contributed by atoms with Gasteiger partial charge in [0.2, 0.25) is 5.78 Å². The Morgan fingerprint density at radius 3 is 2.33 bits per heavy atom. The van der Waals surface area contributed by atoms with Crippen molar-refractivity contribution in [2.24, 2.45) is 28.7 Å². The highest BCUT2D eigenvalue weighted by molar-refractivity contribution is 6.56. The minimum atomic E-state index is -1.99. The fraction of sp³-hybridized carbons (Fsp3) is 0.442. The minimum absolute atomic E-state index is 0.00776. The lowest BCUT2D eigenvalue weighted by atomic mass is 9.78. The number of aromatic nitrogens is 2. The fourth-order valence-corrected chi connectivity index (χ4v) is 7.96. The highest BCUT2D eigenvalue weighted by atomic mass is 16.7. The van der Waals surface area contributed by atoms with Crippen molar-refractivity contribution in [1.82, 2.24) is 9.38 Å². The minimum Gasteiger partial charge on any atom is -0.507 e. The molecule has 3 aromatic rings. The van der Waals surface area contributed by atoms with Crippen LogP contribution in [-0.4, -0.2) is 91.2 Å². The molecule has 5 bridgehead atoms. The molecule has 3 N–H and O–H groups in total. The smallest absolute Gasteiger partial charge is 0.312 e. The highest BCUT2D eigenvalue weighted by Gasteiger charge is 2.52. The summed E-state index contributed by atoms with van der Waals surface area (Å²) in [6.45, 7) is 14.5. The lowest BCUT2D eigenvalue weighted by Crippen LogP contribution is -2.46. The molecule has 0 saturated carbocycles. The Labute approximate surface area is 330 Å². The van der Waals surface area contributed by atoms with E-state index in [1.165, 1.54) is 53.2 Å². The van der Waals surface area contributed by atoms with Gasteiger partial charge in [0.05, 0.1) is 35.7 Å². The average molecular weight is 784 g/mol. The van der Waals surface area contributed by atoms with Gasteiger partial charge in [-0.05, 0) is 44.5 Å². The Kier molecular flexibility index (Phi) is 11.2. The number of aliphatic hydroxyl groups excluding tert-OH is 2. The second kappa shape index (κ2) is 15.5. The molecule has 6 rings (SSSR count). The summed E-state index contributed by atoms with van der Waals surface area (Å²) in [7, 11) is 1.45. The topological polar surface area (TPSA) is 196 Å². The number of ether oxygens (including phenoxy) is 4. The number of amides is 1. The number of ketones is 2. The molecule has 1 aliphatic carbocycles. The van der Waals surface area contributed by atoms with Crippen LogP contribution in [0.4, 0.5) is 0 Å². The maximum atomic E-state index is 14.5. The first kappa shape index (κ1) is 41.2. The van der Waals surface area contributed by atoms with Gasteiger partial charge in [-0.1, -0.05) is 45.9 Å². The number of aryl methyl sites for hydroxylation is 1. The number of aromatic hydroxyl groups is 1. The number of phenols is 1. The number of carbonyl (C=O) groups excluding carboxylic acids is 4. The van der Waals surface area contributed by atoms with E-state index in [9.17, 15) is 34.5 Å². The lowest BCUT2D eigenvalue weighted by molar-refractivity contribution is -0.160. The highest BCUT2D eigenvalue weighted by Crippen LogP contribution is 2.52. The number of Topliss-reactive ketones (excluding diaryl/α,β-unsaturated/α-hetero) is 2. The number of aliphatic hydroxyl groups is 2. The number of carbonyl (C=O) groups is 4. The molecule has 1 aromatic carbocycles. The number of aliphatic imine (C=N–C) groups is 1. The van der Waals surface area contributed by atoms with Crippen LogP contribution in [0.15, 0.2) is 59.5 Å². The number of allylic oxidation sites excluding steroid dienone is 2. The van der Waals surface area contributed by atoms with Crippen molar-refractivity contribution in [3.05, 3.63) is 82.4 Å². The second-order valence-corrected chi connectivity index (χ2v) is 15.5. The SMILES string of the molecule is CO[C@H]1/C=C/O[C@@]2(C)Oc3c(C)c(O)c4c(c3C2=O)-c2nc3cc(C)ccn3c2C(=NC(=O)/C(C)=C\C=C\[C@H](C)[C@H](O)[C@@H](C)[C@@H](O)[C@@H](C)[C@H](OC(C)=O)[C@@H]1C)C4=O. The molecule has 0 unspecified atom stereocenters. The predicted octanol–water partition coefficient (Wildman–Crippen LogP) is 5.39. The van der Waals surface area contributed by atoms with E-state index in [4.69, 9.17) is 23.9 Å². The molecule has 14 heteroatoms. The summed E-state index contributed by atoms with van der Waals surface area (Å²) in [6, 6.07) is 3.57. The van der Waals surface area contributed by atoms with Crippen LogP contribution in [0.1, 0.15) is 86.0 Å². The van der Waals surface area contributed by atoms with Gasteiger partial charge in [-0.15, -0.1) is 0 Å². The van der Waals surface area contributed by atoms with Crippen LogP contribution in [0, 0.1) is 37.5 Å². The maximum Gasteiger partial charge on any atom is 0.312 e. The third kappa shape index (κ3) is 7.10. The van der Waals surface area contributed by atoms with Crippen LogP contribution in [-0.2, 0) is 23.8 Å². The van der Waals surface area contributed by atoms with Crippen molar-refractivity contribution >= 4 is 34.8 Å². The van der Waals surface area contributed by atoms with E-state index in [1.54, 1.807) is 62.6 Å². The number of methoxy groups -OCH3 is 1. The summed E-state index contributed by atoms with van der Waals surface area (Å²) < 4.78 is 25.4. The summed E-state index contributed by atoms with van der Waals surface area (Å²) in [5.74, 6) is -7.67. The average Bonchev–Trinajstić information content (AvgIpc) is 3.67. The molecule has 1 amide bonds. The number of benzene rings is 1. The number of hydrogen-bond donors (Lipinski definition) is 3. The fourth-order valence-electron chi connectivity index (χ4n) is 7.96. The normalized spacial score (nSPS) is 31.5. The molecule has 57 heavy (non-hydrogen) atoms. The zero-order valence-electron chi connectivity index (χ0n) is 33.7. The number of pyridine rings is 1. The molecular weight excluding hydrogens is 734 g/mol. The van der Waals surface area contributed by atoms with E-state index in [1.807, 2.05) is 6.92 Å². The van der Waals surface area contributed by atoms with Crippen molar-refractivity contribution in [2.45, 2.75) is 92.5 Å². The summed E-state index contributed by atoms with van der Waals surface area (Å²) in [4.78, 5) is 64.2. The number of nitrogens with zero attached hydrogens (tertiary/aromatic N) is 3. The van der Waals surface area contributed by atoms with Gasteiger partial charge < -0.3 is 34.3 Å². The molecule has 4 heterocycles. The zero-order valence-corrected chi connectivity index (χ0v) is 33.7. The third-order valence-electron chi connectivity index (χ3n) is 11.4. The predicted molar refractivity (Wildman–Crippen MR) is 209 cm³/mol. The van der Waals surface area contributed by atoms with Gasteiger partial charge in [0.1, 0.15) is 40.3 Å². The lowest BCUT2D eigenvalue weighted by Gasteiger charge is -2.38. The van der Waals surface area contributed by atoms with Crippen molar-refractivity contribution in [2.75, 3.05) is 7.11 Å². The van der Waals surface area contributed by atoms with E-state index >= 15 is 0 Å². The van der Waals surface area contributed by atoms with Gasteiger partial charge in [-0.3, -0.25) is 23.6 Å². The number of fused-ring (bicyclic) bond motifs is 6. The Bertz CT molecular complexity index is 2300. The van der Waals surface area contributed by atoms with Crippen LogP contribution in [0.3, 0.4) is 0 Å². The summed E-state index contributed by atoms with van der Waals surface area (Å²) in [5, 5.41) is 34.5. The number of esters is 1. The van der Waals surface area contributed by atoms with Gasteiger partial charge in [-0.2, -0.15) is 0 Å². The standard InChI is InChI=1S/C43H49N3O11/c1-19-14-16-46-28(18-19)44-32-29-30-37(50)25(7)40-31(29)41(52)43(9,57-40)55-17-15-27(54-10)22(4)39(56-26(8)47)24(6)36(49)23(5)35(48)20(2)12-11-13-21(3)42(53)45-33(34(32)46)38(30)51/h11-18,20,22-24,27,35-36,39,48-50H,1-10H3/b12-11+,17-15+,21-13-,45-33?/t20-,22+,23+,24+,27-,35-,36+,39+,43-/m0/s1. The molecule has 0 spiro atoms. The molecule has 0 saturated heterocycles. The first-order valence-corrected chi connectivity index (χ1v) is 18.9. The van der Waals surface area contributed by atoms with Crippen molar-refractivity contribution in [3.8, 4) is 22.8 Å². The quantitative estimate of drug-likeness (QED) is 0.281. The molecule has 2 aromatic heterocycles. The van der Waals surface area contributed by atoms with Gasteiger partial charge in [0.15, 0.2) is 0 Å². The number of phenolic OH excluding ortho intramolecular Hbond substituents is 1. The van der Waals surface area contributed by atoms with Crippen molar-refractivity contribution in [3.63, 3.8) is 0 Å². The van der Waals surface area contributed by atoms with E-state index in [0.29, 0.717) is 5.65 Å². The van der Waals surface area contributed by atoms with Gasteiger partial charge in [0, 0.05) is 67.5 Å². The molecule has 0 fully saturated rings. The van der Waals surface area contributed by atoms with Crippen LogP contribution < -0.4 is 4.74 Å². The first-order valence-electron chi connectivity index (χ1n) is 18.9. The van der Waals surface area contributed by atoms with Gasteiger partial charge in [-0.25, -0.2) is 9.98 Å². The van der Waals surface area contributed by atoms with E-state index in [2.05, 4.69) is 4.99 Å². The second-order valence-electron chi connectivity index (χ2n) is 15.5. The molecule has 14 nitrogen and oxygen atoms in total. The number of hydrogen-bond acceptors (Lipinski definition) is 12. The summed E-state index contributed by atoms with van der Waals surface area (Å²) in [6.07, 6.45) is 5.38. The first-order chi connectivity index (χ1) is 26.8. The van der Waals surface area contributed by atoms with Crippen molar-refractivity contribution < 1.29 is 53.4 Å². The molecule has 0 radical (unpaired) electrons. The third-order valence-corrected chi connectivity index (χ3v) is 11.4. The Morgan fingerprint density at radius 1 is 0.965 bits per heavy atom. The Morgan fingerprint density at radius 2 is 1.67 bits per heavy atom. The Hall–Kier alpha value is -5.44. The Balaban J connectivity index is 1.56. The number of imidazole rings is 1. The molecule has 302 valence electrons. The van der Waals surface area contributed by atoms with Crippen molar-refractivity contribution in [1.29, 1.82) is 0 Å². The molecule has 9 atom stereocenters. The van der Waals surface area contributed by atoms with Crippen LogP contribution in [0.5, 0.6) is 11.5 Å². The zero-order chi connectivity index (χ0) is 41.8. The molecule has 2 aliphatic heterocycles. The van der Waals surface area contributed by atoms with Gasteiger partial charge in [0.25, 0.3) is 11.7 Å².